The van der Waals surface area contributed by atoms with Crippen LogP contribution < -0.4 is 5.32 Å². The van der Waals surface area contributed by atoms with Crippen LogP contribution in [-0.2, 0) is 11.3 Å². The number of aliphatic hydroxyl groups excluding tert-OH is 4. The van der Waals surface area contributed by atoms with Crippen LogP contribution in [0, 0.1) is 0 Å². The summed E-state index contributed by atoms with van der Waals surface area (Å²) < 4.78 is 5.49. The molecule has 6 nitrogen and oxygen atoms in total. The molecule has 1 aromatic carbocycles. The molecule has 0 aliphatic carbocycles. The molecule has 0 radical (unpaired) electrons. The van der Waals surface area contributed by atoms with Gasteiger partial charge in [-0.05, 0) is 5.56 Å². The Labute approximate surface area is 111 Å². The number of ether oxygens (including phenoxy) is 1. The molecule has 0 aromatic heterocycles. The van der Waals surface area contributed by atoms with E-state index < -0.39 is 30.6 Å². The SMILES string of the molecule is OC[C@H]1NC(OCc2ccccc2)[C@H](O)[C@@H](O)[C@@H]1O. The second-order valence-corrected chi connectivity index (χ2v) is 4.64. The second kappa shape index (κ2) is 6.42. The zero-order valence-corrected chi connectivity index (χ0v) is 10.4. The Morgan fingerprint density at radius 1 is 1.00 bits per heavy atom. The predicted octanol–water partition coefficient (Wildman–Crippen LogP) is -1.42. The zero-order chi connectivity index (χ0) is 13.8. The van der Waals surface area contributed by atoms with Gasteiger partial charge in [0.2, 0.25) is 0 Å². The lowest BCUT2D eigenvalue weighted by Crippen LogP contribution is -2.66. The maximum absolute atomic E-state index is 9.82. The molecule has 106 valence electrons. The van der Waals surface area contributed by atoms with Gasteiger partial charge in [-0.3, -0.25) is 5.32 Å². The molecule has 0 spiro atoms. The van der Waals surface area contributed by atoms with E-state index in [1.54, 1.807) is 0 Å². The number of aliphatic hydroxyl groups is 4. The summed E-state index contributed by atoms with van der Waals surface area (Å²) >= 11 is 0. The largest absolute Gasteiger partial charge is 0.395 e. The van der Waals surface area contributed by atoms with Gasteiger partial charge in [-0.25, -0.2) is 0 Å². The molecule has 1 aromatic rings. The minimum atomic E-state index is -1.35. The summed E-state index contributed by atoms with van der Waals surface area (Å²) in [5.74, 6) is 0. The molecule has 0 amide bonds. The highest BCUT2D eigenvalue weighted by Gasteiger charge is 2.42. The van der Waals surface area contributed by atoms with E-state index in [0.717, 1.165) is 5.56 Å². The minimum Gasteiger partial charge on any atom is -0.395 e. The van der Waals surface area contributed by atoms with Crippen molar-refractivity contribution < 1.29 is 25.2 Å². The van der Waals surface area contributed by atoms with Crippen molar-refractivity contribution in [3.05, 3.63) is 35.9 Å². The quantitative estimate of drug-likeness (QED) is 0.459. The summed E-state index contributed by atoms with van der Waals surface area (Å²) in [7, 11) is 0. The lowest BCUT2D eigenvalue weighted by atomic mass is 9.95. The molecule has 19 heavy (non-hydrogen) atoms. The third kappa shape index (κ3) is 3.30. The number of piperidine rings is 1. The Kier molecular flexibility index (Phi) is 4.87. The Bertz CT molecular complexity index is 386. The van der Waals surface area contributed by atoms with Crippen molar-refractivity contribution in [3.8, 4) is 0 Å². The Morgan fingerprint density at radius 2 is 1.68 bits per heavy atom. The predicted molar refractivity (Wildman–Crippen MR) is 67.0 cm³/mol. The van der Waals surface area contributed by atoms with Crippen molar-refractivity contribution >= 4 is 0 Å². The molecular weight excluding hydrogens is 250 g/mol. The number of nitrogens with one attached hydrogen (secondary N) is 1. The summed E-state index contributed by atoms with van der Waals surface area (Å²) in [6, 6.07) is 8.67. The summed E-state index contributed by atoms with van der Waals surface area (Å²) in [5, 5.41) is 41.0. The third-order valence-corrected chi connectivity index (χ3v) is 3.27. The molecule has 5 atom stereocenters. The summed E-state index contributed by atoms with van der Waals surface area (Å²) in [6.45, 7) is -0.0906. The van der Waals surface area contributed by atoms with Crippen LogP contribution in [0.15, 0.2) is 30.3 Å². The van der Waals surface area contributed by atoms with Gasteiger partial charge in [-0.2, -0.15) is 0 Å². The monoisotopic (exact) mass is 269 g/mol. The van der Waals surface area contributed by atoms with Gasteiger partial charge in [0.15, 0.2) is 0 Å². The van der Waals surface area contributed by atoms with Crippen molar-refractivity contribution in [1.82, 2.24) is 5.32 Å². The van der Waals surface area contributed by atoms with Crippen LogP contribution in [0.1, 0.15) is 5.56 Å². The van der Waals surface area contributed by atoms with Crippen LogP contribution in [0.25, 0.3) is 0 Å². The van der Waals surface area contributed by atoms with Gasteiger partial charge in [0, 0.05) is 0 Å². The van der Waals surface area contributed by atoms with Crippen molar-refractivity contribution in [3.63, 3.8) is 0 Å². The number of hydrogen-bond donors (Lipinski definition) is 5. The standard InChI is InChI=1S/C13H19NO5/c15-6-9-10(16)11(17)12(18)13(14-9)19-7-8-4-2-1-3-5-8/h1-5,9-18H,6-7H2/t9-,10-,11+,12-,13?/m1/s1. The normalized spacial score (nSPS) is 35.3. The van der Waals surface area contributed by atoms with Gasteiger partial charge < -0.3 is 25.2 Å². The minimum absolute atomic E-state index is 0.260. The highest BCUT2D eigenvalue weighted by atomic mass is 16.5. The van der Waals surface area contributed by atoms with E-state index in [0.29, 0.717) is 0 Å². The Morgan fingerprint density at radius 3 is 2.32 bits per heavy atom. The van der Waals surface area contributed by atoms with Gasteiger partial charge in [0.1, 0.15) is 24.5 Å². The van der Waals surface area contributed by atoms with Crippen LogP contribution in [0.3, 0.4) is 0 Å². The summed E-state index contributed by atoms with van der Waals surface area (Å²) in [4.78, 5) is 0. The molecule has 5 N–H and O–H groups in total. The second-order valence-electron chi connectivity index (χ2n) is 4.64. The fraction of sp³-hybridized carbons (Fsp3) is 0.538. The van der Waals surface area contributed by atoms with Crippen LogP contribution >= 0.6 is 0 Å². The third-order valence-electron chi connectivity index (χ3n) is 3.27. The first-order chi connectivity index (χ1) is 9.13. The number of benzene rings is 1. The molecule has 6 heteroatoms. The van der Waals surface area contributed by atoms with Gasteiger partial charge in [-0.15, -0.1) is 0 Å². The topological polar surface area (TPSA) is 102 Å². The molecule has 2 rings (SSSR count). The first-order valence-electron chi connectivity index (χ1n) is 6.20. The van der Waals surface area contributed by atoms with Crippen LogP contribution in [0.4, 0.5) is 0 Å². The van der Waals surface area contributed by atoms with E-state index >= 15 is 0 Å². The lowest BCUT2D eigenvalue weighted by Gasteiger charge is -2.40. The molecule has 1 unspecified atom stereocenters. The van der Waals surface area contributed by atoms with E-state index in [2.05, 4.69) is 5.32 Å². The highest BCUT2D eigenvalue weighted by Crippen LogP contribution is 2.17. The Balaban J connectivity index is 1.95. The molecule has 0 saturated carbocycles. The lowest BCUT2D eigenvalue weighted by molar-refractivity contribution is -0.181. The van der Waals surface area contributed by atoms with E-state index in [-0.39, 0.29) is 13.2 Å². The van der Waals surface area contributed by atoms with E-state index in [9.17, 15) is 15.3 Å². The van der Waals surface area contributed by atoms with Gasteiger partial charge in [0.05, 0.1) is 19.3 Å². The molecule has 1 aliphatic rings. The molecule has 1 heterocycles. The first kappa shape index (κ1) is 14.4. The summed E-state index contributed by atoms with van der Waals surface area (Å²) in [5.41, 5.74) is 0.928. The van der Waals surface area contributed by atoms with Crippen molar-refractivity contribution in [2.45, 2.75) is 37.2 Å². The van der Waals surface area contributed by atoms with Crippen LogP contribution in [-0.4, -0.2) is 57.6 Å². The molecule has 0 bridgehead atoms. The van der Waals surface area contributed by atoms with Gasteiger partial charge in [-0.1, -0.05) is 30.3 Å². The van der Waals surface area contributed by atoms with E-state index in [4.69, 9.17) is 9.84 Å². The van der Waals surface area contributed by atoms with Crippen LogP contribution in [0.2, 0.25) is 0 Å². The van der Waals surface area contributed by atoms with E-state index in [1.807, 2.05) is 30.3 Å². The highest BCUT2D eigenvalue weighted by molar-refractivity contribution is 5.13. The molecular formula is C13H19NO5. The molecule has 1 saturated heterocycles. The number of hydrogen-bond acceptors (Lipinski definition) is 6. The fourth-order valence-electron chi connectivity index (χ4n) is 2.09. The van der Waals surface area contributed by atoms with Crippen LogP contribution in [0.5, 0.6) is 0 Å². The molecule has 1 fully saturated rings. The first-order valence-corrected chi connectivity index (χ1v) is 6.20. The number of rotatable bonds is 4. The fourth-order valence-corrected chi connectivity index (χ4v) is 2.09. The van der Waals surface area contributed by atoms with Crippen molar-refractivity contribution in [1.29, 1.82) is 0 Å². The Hall–Kier alpha value is -1.02. The maximum Gasteiger partial charge on any atom is 0.137 e. The average molecular weight is 269 g/mol. The van der Waals surface area contributed by atoms with E-state index in [1.165, 1.54) is 0 Å². The average Bonchev–Trinajstić information content (AvgIpc) is 2.45. The van der Waals surface area contributed by atoms with Gasteiger partial charge in [0.25, 0.3) is 0 Å². The smallest absolute Gasteiger partial charge is 0.137 e. The zero-order valence-electron chi connectivity index (χ0n) is 10.4. The van der Waals surface area contributed by atoms with Gasteiger partial charge >= 0.3 is 0 Å². The van der Waals surface area contributed by atoms with Crippen molar-refractivity contribution in [2.75, 3.05) is 6.61 Å². The maximum atomic E-state index is 9.82. The molecule has 1 aliphatic heterocycles. The van der Waals surface area contributed by atoms with Crippen molar-refractivity contribution in [2.24, 2.45) is 0 Å². The summed E-state index contributed by atoms with van der Waals surface area (Å²) in [6.07, 6.45) is -4.66.